The van der Waals surface area contributed by atoms with E-state index in [0.29, 0.717) is 10.3 Å². The van der Waals surface area contributed by atoms with Crippen LogP contribution in [-0.2, 0) is 0 Å². The minimum atomic E-state index is 0.383. The van der Waals surface area contributed by atoms with Crippen LogP contribution in [0, 0.1) is 6.92 Å². The van der Waals surface area contributed by atoms with Crippen molar-refractivity contribution in [2.75, 3.05) is 18.0 Å². The molecule has 1 heterocycles. The molecule has 3 rings (SSSR count). The molecule has 7 heteroatoms. The van der Waals surface area contributed by atoms with E-state index >= 15 is 0 Å². The number of benzene rings is 2. The van der Waals surface area contributed by atoms with Gasteiger partial charge in [0.05, 0.1) is 16.3 Å². The third-order valence-corrected chi connectivity index (χ3v) is 5.54. The second-order valence-electron chi connectivity index (χ2n) is 6.08. The van der Waals surface area contributed by atoms with Crippen LogP contribution >= 0.6 is 22.9 Å². The average Bonchev–Trinajstić information content (AvgIpc) is 3.07. The van der Waals surface area contributed by atoms with Crippen molar-refractivity contribution in [1.82, 2.24) is 4.98 Å². The molecule has 0 aliphatic carbocycles. The lowest BCUT2D eigenvalue weighted by atomic mass is 10.2. The minimum absolute atomic E-state index is 0.383. The molecule has 5 nitrogen and oxygen atoms in total. The molecule has 0 saturated carbocycles. The molecule has 0 atom stereocenters. The number of thiazole rings is 1. The van der Waals surface area contributed by atoms with Gasteiger partial charge in [-0.1, -0.05) is 41.1 Å². The standard InChI is InChI=1S/C21H22ClN5S/c1-4-27(5-2)17-12-10-16(11-13-17)25-26-21-24-20(22)19(28-21)14-23-18-9-7-6-8-15(18)3/h6-14H,4-5H2,1-3H3. The Hall–Kier alpha value is -2.57. The zero-order valence-corrected chi connectivity index (χ0v) is 17.7. The molecule has 0 spiro atoms. The normalized spacial score (nSPS) is 11.6. The summed E-state index contributed by atoms with van der Waals surface area (Å²) in [6, 6.07) is 15.9. The van der Waals surface area contributed by atoms with Crippen LogP contribution in [0.2, 0.25) is 5.15 Å². The Morgan fingerprint density at radius 2 is 1.75 bits per heavy atom. The number of hydrogen-bond acceptors (Lipinski definition) is 6. The summed E-state index contributed by atoms with van der Waals surface area (Å²) in [5.74, 6) is 0. The van der Waals surface area contributed by atoms with Crippen molar-refractivity contribution in [1.29, 1.82) is 0 Å². The summed E-state index contributed by atoms with van der Waals surface area (Å²) < 4.78 is 0. The fraction of sp³-hybridized carbons (Fsp3) is 0.238. The number of aliphatic imine (C=N–C) groups is 1. The Morgan fingerprint density at radius 1 is 1.04 bits per heavy atom. The lowest BCUT2D eigenvalue weighted by Crippen LogP contribution is -2.21. The van der Waals surface area contributed by atoms with Crippen molar-refractivity contribution in [2.45, 2.75) is 20.8 Å². The van der Waals surface area contributed by atoms with Crippen LogP contribution in [-0.4, -0.2) is 24.3 Å². The summed E-state index contributed by atoms with van der Waals surface area (Å²) in [6.45, 7) is 8.25. The van der Waals surface area contributed by atoms with E-state index in [2.05, 4.69) is 51.1 Å². The highest BCUT2D eigenvalue weighted by molar-refractivity contribution is 7.17. The van der Waals surface area contributed by atoms with Gasteiger partial charge >= 0.3 is 0 Å². The molecule has 0 amide bonds. The quantitative estimate of drug-likeness (QED) is 0.307. The highest BCUT2D eigenvalue weighted by Gasteiger charge is 2.07. The number of nitrogens with zero attached hydrogens (tertiary/aromatic N) is 5. The highest BCUT2D eigenvalue weighted by Crippen LogP contribution is 2.30. The lowest BCUT2D eigenvalue weighted by molar-refractivity contribution is 0.866. The second-order valence-corrected chi connectivity index (χ2v) is 7.45. The summed E-state index contributed by atoms with van der Waals surface area (Å²) in [5.41, 5.74) is 3.96. The number of rotatable bonds is 7. The fourth-order valence-corrected chi connectivity index (χ4v) is 3.63. The number of anilines is 1. The molecule has 1 aromatic heterocycles. The third-order valence-electron chi connectivity index (χ3n) is 4.26. The molecule has 0 bridgehead atoms. The number of aromatic nitrogens is 1. The van der Waals surface area contributed by atoms with E-state index < -0.39 is 0 Å². The van der Waals surface area contributed by atoms with Gasteiger partial charge in [0.2, 0.25) is 5.13 Å². The highest BCUT2D eigenvalue weighted by atomic mass is 35.5. The lowest BCUT2D eigenvalue weighted by Gasteiger charge is -2.20. The predicted octanol–water partition coefficient (Wildman–Crippen LogP) is 7.12. The molecule has 3 aromatic rings. The maximum absolute atomic E-state index is 6.22. The predicted molar refractivity (Wildman–Crippen MR) is 120 cm³/mol. The van der Waals surface area contributed by atoms with Crippen molar-refractivity contribution in [3.63, 3.8) is 0 Å². The number of hydrogen-bond donors (Lipinski definition) is 0. The summed E-state index contributed by atoms with van der Waals surface area (Å²) in [4.78, 5) is 11.8. The Bertz CT molecular complexity index is 975. The molecule has 0 N–H and O–H groups in total. The Kier molecular flexibility index (Phi) is 6.90. The van der Waals surface area contributed by atoms with E-state index in [1.54, 1.807) is 6.21 Å². The molecular weight excluding hydrogens is 390 g/mol. The summed E-state index contributed by atoms with van der Waals surface area (Å²) in [5, 5.41) is 9.37. The zero-order valence-electron chi connectivity index (χ0n) is 16.1. The maximum Gasteiger partial charge on any atom is 0.232 e. The number of azo groups is 1. The van der Waals surface area contributed by atoms with Gasteiger partial charge in [-0.2, -0.15) is 0 Å². The molecular formula is C21H22ClN5S. The molecule has 0 unspecified atom stereocenters. The van der Waals surface area contributed by atoms with Crippen LogP contribution in [0.5, 0.6) is 0 Å². The third kappa shape index (κ3) is 5.03. The molecule has 2 aromatic carbocycles. The van der Waals surface area contributed by atoms with Gasteiger partial charge in [0.1, 0.15) is 0 Å². The van der Waals surface area contributed by atoms with E-state index in [1.807, 2.05) is 43.3 Å². The first-order valence-electron chi connectivity index (χ1n) is 9.13. The summed E-state index contributed by atoms with van der Waals surface area (Å²) in [6.07, 6.45) is 1.72. The first-order chi connectivity index (χ1) is 13.6. The summed E-state index contributed by atoms with van der Waals surface area (Å²) >= 11 is 7.58. The molecule has 144 valence electrons. The first-order valence-corrected chi connectivity index (χ1v) is 10.3. The first kappa shape index (κ1) is 20.2. The Morgan fingerprint density at radius 3 is 2.43 bits per heavy atom. The van der Waals surface area contributed by atoms with Gasteiger partial charge in [-0.15, -0.1) is 10.2 Å². The molecule has 0 aliphatic rings. The molecule has 0 fully saturated rings. The van der Waals surface area contributed by atoms with Crippen molar-refractivity contribution in [3.8, 4) is 0 Å². The summed E-state index contributed by atoms with van der Waals surface area (Å²) in [7, 11) is 0. The van der Waals surface area contributed by atoms with Gasteiger partial charge in [-0.3, -0.25) is 4.99 Å². The Balaban J connectivity index is 1.72. The van der Waals surface area contributed by atoms with Crippen molar-refractivity contribution in [3.05, 3.63) is 64.1 Å². The molecule has 0 radical (unpaired) electrons. The number of halogens is 1. The van der Waals surface area contributed by atoms with Crippen LogP contribution in [0.1, 0.15) is 24.3 Å². The Labute approximate surface area is 174 Å². The van der Waals surface area contributed by atoms with E-state index in [-0.39, 0.29) is 0 Å². The van der Waals surface area contributed by atoms with Crippen molar-refractivity contribution >= 4 is 51.3 Å². The maximum atomic E-state index is 6.22. The van der Waals surface area contributed by atoms with Crippen LogP contribution in [0.3, 0.4) is 0 Å². The second kappa shape index (κ2) is 9.57. The van der Waals surface area contributed by atoms with Crippen LogP contribution in [0.15, 0.2) is 63.8 Å². The zero-order chi connectivity index (χ0) is 19.9. The molecule has 28 heavy (non-hydrogen) atoms. The van der Waals surface area contributed by atoms with E-state index in [4.69, 9.17) is 11.6 Å². The van der Waals surface area contributed by atoms with Crippen molar-refractivity contribution < 1.29 is 0 Å². The van der Waals surface area contributed by atoms with Crippen molar-refractivity contribution in [2.24, 2.45) is 15.2 Å². The fourth-order valence-electron chi connectivity index (χ4n) is 2.68. The van der Waals surface area contributed by atoms with Gasteiger partial charge in [0.15, 0.2) is 5.15 Å². The largest absolute Gasteiger partial charge is 0.372 e. The van der Waals surface area contributed by atoms with Crippen LogP contribution in [0.25, 0.3) is 0 Å². The van der Waals surface area contributed by atoms with E-state index in [1.165, 1.54) is 17.0 Å². The van der Waals surface area contributed by atoms with Gasteiger partial charge < -0.3 is 4.90 Å². The van der Waals surface area contributed by atoms with Crippen LogP contribution in [0.4, 0.5) is 22.2 Å². The van der Waals surface area contributed by atoms with Gasteiger partial charge in [-0.05, 0) is 56.7 Å². The average molecular weight is 412 g/mol. The SMILES string of the molecule is CCN(CC)c1ccc(N=Nc2nc(Cl)c(C=Nc3ccccc3C)s2)cc1. The van der Waals surface area contributed by atoms with Crippen LogP contribution < -0.4 is 4.90 Å². The smallest absolute Gasteiger partial charge is 0.232 e. The van der Waals surface area contributed by atoms with E-state index in [9.17, 15) is 0 Å². The number of para-hydroxylation sites is 1. The monoisotopic (exact) mass is 411 g/mol. The minimum Gasteiger partial charge on any atom is -0.372 e. The van der Waals surface area contributed by atoms with Gasteiger partial charge in [0.25, 0.3) is 0 Å². The van der Waals surface area contributed by atoms with Gasteiger partial charge in [-0.25, -0.2) is 4.98 Å². The van der Waals surface area contributed by atoms with E-state index in [0.717, 1.165) is 34.9 Å². The number of aryl methyl sites for hydroxylation is 1. The molecule has 0 aliphatic heterocycles. The van der Waals surface area contributed by atoms with Gasteiger partial charge in [0, 0.05) is 25.0 Å². The molecule has 0 saturated heterocycles. The topological polar surface area (TPSA) is 53.2 Å².